The van der Waals surface area contributed by atoms with Crippen molar-refractivity contribution in [1.29, 1.82) is 0 Å². The summed E-state index contributed by atoms with van der Waals surface area (Å²) >= 11 is 0. The van der Waals surface area contributed by atoms with Crippen molar-refractivity contribution >= 4 is 49.4 Å². The maximum Gasteiger partial charge on any atom is 0.132 e. The van der Waals surface area contributed by atoms with Crippen LogP contribution in [0.3, 0.4) is 0 Å². The molecule has 0 unspecified atom stereocenters. The summed E-state index contributed by atoms with van der Waals surface area (Å²) in [6, 6.07) is 101. The van der Waals surface area contributed by atoms with Gasteiger partial charge in [0.1, 0.15) is 23.0 Å². The second-order valence-corrected chi connectivity index (χ2v) is 21.0. The molecule has 0 saturated heterocycles. The summed E-state index contributed by atoms with van der Waals surface area (Å²) in [6.45, 7) is 0. The predicted molar refractivity (Wildman–Crippen MR) is 314 cm³/mol. The minimum atomic E-state index is -0.568. The Morgan fingerprint density at radius 1 is 0.221 bits per heavy atom. The van der Waals surface area contributed by atoms with Crippen LogP contribution >= 0.6 is 0 Å². The SMILES string of the molecule is c1ccc2c(c1)Oc1ccccc1C21c2ccccc2-c2cc(N(c3ccc(-c4ccc5c6ccccc6c6ccccc6c5c4)cc3)c3ccc4c(c3)-c3ccccc3C43c4ccccc4Oc4ccccc43)ccc21. The normalized spacial score (nSPS) is 14.1. The fourth-order valence-corrected chi connectivity index (χ4v) is 14.3. The molecule has 358 valence electrons. The number of rotatable bonds is 4. The van der Waals surface area contributed by atoms with Crippen LogP contribution in [0, 0.1) is 0 Å². The molecule has 2 aliphatic carbocycles. The van der Waals surface area contributed by atoms with Crippen LogP contribution in [-0.4, -0.2) is 0 Å². The van der Waals surface area contributed by atoms with E-state index in [1.165, 1.54) is 82.4 Å². The number of hydrogen-bond donors (Lipinski definition) is 0. The van der Waals surface area contributed by atoms with E-state index in [0.717, 1.165) is 67.9 Å². The van der Waals surface area contributed by atoms with Gasteiger partial charge >= 0.3 is 0 Å². The lowest BCUT2D eigenvalue weighted by Gasteiger charge is -2.39. The van der Waals surface area contributed by atoms with Crippen molar-refractivity contribution in [2.24, 2.45) is 0 Å². The van der Waals surface area contributed by atoms with Gasteiger partial charge in [-0.15, -0.1) is 0 Å². The Balaban J connectivity index is 0.879. The van der Waals surface area contributed by atoms with Crippen LogP contribution in [0.25, 0.3) is 65.7 Å². The molecule has 0 radical (unpaired) electrons. The predicted octanol–water partition coefficient (Wildman–Crippen LogP) is 19.2. The highest BCUT2D eigenvalue weighted by atomic mass is 16.5. The second kappa shape index (κ2) is 15.8. The van der Waals surface area contributed by atoms with Crippen molar-refractivity contribution in [2.75, 3.05) is 4.90 Å². The van der Waals surface area contributed by atoms with Crippen molar-refractivity contribution in [1.82, 2.24) is 0 Å². The molecule has 0 fully saturated rings. The molecule has 0 aromatic heterocycles. The van der Waals surface area contributed by atoms with E-state index in [4.69, 9.17) is 9.47 Å². The topological polar surface area (TPSA) is 21.7 Å². The molecule has 3 heteroatoms. The molecule has 0 amide bonds. The lowest BCUT2D eigenvalue weighted by molar-refractivity contribution is 0.436. The van der Waals surface area contributed by atoms with E-state index in [1.54, 1.807) is 0 Å². The Hall–Kier alpha value is -9.96. The highest BCUT2D eigenvalue weighted by Gasteiger charge is 2.53. The van der Waals surface area contributed by atoms with E-state index in [0.29, 0.717) is 0 Å². The first-order chi connectivity index (χ1) is 38.2. The maximum absolute atomic E-state index is 6.70. The first-order valence-electron chi connectivity index (χ1n) is 26.6. The summed E-state index contributed by atoms with van der Waals surface area (Å²) < 4.78 is 13.4. The first kappa shape index (κ1) is 42.4. The Kier molecular flexibility index (Phi) is 8.69. The molecular weight excluding hydrogens is 935 g/mol. The standard InChI is InChI=1S/C74H45NO2/c1-2-19-53-51(17-1)52-18-3-4-20-54(52)58-43-47(35-40-55(53)58)46-33-36-48(37-34-46)75(49-38-41-63-59(44-49)56-21-5-7-23-61(56)73(63)65-25-9-13-29-69(65)76-70-30-14-10-26-66(70)73)50-39-42-64-60(45-50)57-22-6-8-24-62(57)74(64)67-27-11-15-31-71(67)77-72-32-16-12-28-68(72)74/h1-45H. The van der Waals surface area contributed by atoms with Crippen molar-refractivity contribution < 1.29 is 9.47 Å². The molecule has 0 N–H and O–H groups in total. The van der Waals surface area contributed by atoms with Gasteiger partial charge in [0.05, 0.1) is 10.8 Å². The molecule has 4 aliphatic rings. The average Bonchev–Trinajstić information content (AvgIpc) is 4.06. The smallest absolute Gasteiger partial charge is 0.132 e. The van der Waals surface area contributed by atoms with E-state index in [9.17, 15) is 0 Å². The fraction of sp³-hybridized carbons (Fsp3) is 0.0270. The Morgan fingerprint density at radius 2 is 0.545 bits per heavy atom. The summed E-state index contributed by atoms with van der Waals surface area (Å²) in [5, 5.41) is 7.64. The molecule has 0 atom stereocenters. The van der Waals surface area contributed by atoms with Crippen LogP contribution in [0.5, 0.6) is 23.0 Å². The first-order valence-corrected chi connectivity index (χ1v) is 26.6. The van der Waals surface area contributed by atoms with Crippen molar-refractivity contribution in [2.45, 2.75) is 10.8 Å². The minimum absolute atomic E-state index is 0.568. The molecular formula is C74H45NO2. The number of hydrogen-bond acceptors (Lipinski definition) is 3. The number of para-hydroxylation sites is 4. The average molecular weight is 980 g/mol. The van der Waals surface area contributed by atoms with E-state index in [1.807, 2.05) is 0 Å². The van der Waals surface area contributed by atoms with Crippen LogP contribution in [0.1, 0.15) is 44.5 Å². The minimum Gasteiger partial charge on any atom is -0.457 e. The molecule has 3 nitrogen and oxygen atoms in total. The van der Waals surface area contributed by atoms with Gasteiger partial charge in [-0.3, -0.25) is 0 Å². The monoisotopic (exact) mass is 979 g/mol. The van der Waals surface area contributed by atoms with Crippen LogP contribution in [-0.2, 0) is 10.8 Å². The van der Waals surface area contributed by atoms with E-state index in [-0.39, 0.29) is 0 Å². The lowest BCUT2D eigenvalue weighted by atomic mass is 9.66. The van der Waals surface area contributed by atoms with Crippen LogP contribution in [0.2, 0.25) is 0 Å². The summed E-state index contributed by atoms with van der Waals surface area (Å²) in [6.07, 6.45) is 0. The zero-order valence-corrected chi connectivity index (χ0v) is 41.7. The third-order valence-corrected chi connectivity index (χ3v) is 17.4. The summed E-state index contributed by atoms with van der Waals surface area (Å²) in [4.78, 5) is 2.46. The number of fused-ring (bicyclic) bond motifs is 24. The largest absolute Gasteiger partial charge is 0.457 e. The number of nitrogens with zero attached hydrogens (tertiary/aromatic N) is 1. The number of ether oxygens (including phenoxy) is 2. The van der Waals surface area contributed by atoms with E-state index >= 15 is 0 Å². The molecule has 2 spiro atoms. The van der Waals surface area contributed by atoms with Gasteiger partial charge in [0.25, 0.3) is 0 Å². The molecule has 17 rings (SSSR count). The molecule has 0 saturated carbocycles. The Morgan fingerprint density at radius 3 is 0.987 bits per heavy atom. The highest BCUT2D eigenvalue weighted by Crippen LogP contribution is 2.65. The van der Waals surface area contributed by atoms with Crippen LogP contribution < -0.4 is 14.4 Å². The summed E-state index contributed by atoms with van der Waals surface area (Å²) in [5.74, 6) is 3.55. The van der Waals surface area contributed by atoms with Gasteiger partial charge in [-0.2, -0.15) is 0 Å². The number of anilines is 3. The fourth-order valence-electron chi connectivity index (χ4n) is 14.3. The molecule has 2 heterocycles. The Labute approximate surface area is 446 Å². The van der Waals surface area contributed by atoms with Gasteiger partial charge in [-0.05, 0) is 155 Å². The summed E-state index contributed by atoms with van der Waals surface area (Å²) in [7, 11) is 0. The zero-order chi connectivity index (χ0) is 50.4. The molecule has 13 aromatic rings. The van der Waals surface area contributed by atoms with Gasteiger partial charge in [-0.1, -0.05) is 206 Å². The molecule has 0 bridgehead atoms. The number of benzene rings is 13. The third-order valence-electron chi connectivity index (χ3n) is 17.4. The molecule has 2 aliphatic heterocycles. The van der Waals surface area contributed by atoms with E-state index < -0.39 is 10.8 Å². The summed E-state index contributed by atoms with van der Waals surface area (Å²) in [5.41, 5.74) is 18.9. The lowest BCUT2D eigenvalue weighted by Crippen LogP contribution is -2.32. The maximum atomic E-state index is 6.70. The van der Waals surface area contributed by atoms with Crippen molar-refractivity contribution in [3.05, 3.63) is 317 Å². The van der Waals surface area contributed by atoms with Gasteiger partial charge in [0, 0.05) is 39.3 Å². The second-order valence-electron chi connectivity index (χ2n) is 21.0. The zero-order valence-electron chi connectivity index (χ0n) is 41.7. The van der Waals surface area contributed by atoms with Gasteiger partial charge in [0.15, 0.2) is 0 Å². The van der Waals surface area contributed by atoms with Crippen LogP contribution in [0.15, 0.2) is 273 Å². The van der Waals surface area contributed by atoms with E-state index in [2.05, 4.69) is 278 Å². The van der Waals surface area contributed by atoms with Crippen LogP contribution in [0.4, 0.5) is 17.1 Å². The third kappa shape index (κ3) is 5.64. The van der Waals surface area contributed by atoms with Gasteiger partial charge < -0.3 is 14.4 Å². The van der Waals surface area contributed by atoms with Gasteiger partial charge in [0.2, 0.25) is 0 Å². The van der Waals surface area contributed by atoms with Crippen molar-refractivity contribution in [3.63, 3.8) is 0 Å². The Bertz CT molecular complexity index is 4340. The quantitative estimate of drug-likeness (QED) is 0.164. The highest BCUT2D eigenvalue weighted by molar-refractivity contribution is 6.25. The molecule has 13 aromatic carbocycles. The van der Waals surface area contributed by atoms with Gasteiger partial charge in [-0.25, -0.2) is 0 Å². The molecule has 77 heavy (non-hydrogen) atoms. The van der Waals surface area contributed by atoms with Crippen molar-refractivity contribution in [3.8, 4) is 56.4 Å².